The fourth-order valence-electron chi connectivity index (χ4n) is 3.68. The van der Waals surface area contributed by atoms with Crippen molar-refractivity contribution in [1.29, 1.82) is 0 Å². The van der Waals surface area contributed by atoms with E-state index in [1.165, 1.54) is 18.3 Å². The van der Waals surface area contributed by atoms with Crippen LogP contribution in [0.1, 0.15) is 31.1 Å². The molecule has 3 heterocycles. The Hall–Kier alpha value is -3.39. The van der Waals surface area contributed by atoms with Gasteiger partial charge in [0.15, 0.2) is 10.6 Å². The van der Waals surface area contributed by atoms with Crippen molar-refractivity contribution in [2.45, 2.75) is 19.9 Å². The Morgan fingerprint density at radius 1 is 1.27 bits per heavy atom. The van der Waals surface area contributed by atoms with Crippen molar-refractivity contribution in [1.82, 2.24) is 9.55 Å². The molecule has 154 valence electrons. The molecule has 0 saturated carbocycles. The highest BCUT2D eigenvalue weighted by Gasteiger charge is 2.32. The van der Waals surface area contributed by atoms with E-state index in [-0.39, 0.29) is 11.3 Å². The van der Waals surface area contributed by atoms with Crippen molar-refractivity contribution in [3.05, 3.63) is 78.7 Å². The smallest absolute Gasteiger partial charge is 0.271 e. The van der Waals surface area contributed by atoms with Crippen LogP contribution in [0, 0.1) is 0 Å². The van der Waals surface area contributed by atoms with E-state index in [1.807, 2.05) is 18.2 Å². The summed E-state index contributed by atoms with van der Waals surface area (Å²) in [5.41, 5.74) is 2.38. The van der Waals surface area contributed by atoms with Gasteiger partial charge in [0.25, 0.3) is 5.56 Å². The Kier molecular flexibility index (Phi) is 5.17. The summed E-state index contributed by atoms with van der Waals surface area (Å²) in [7, 11) is 3.13. The van der Waals surface area contributed by atoms with E-state index < -0.39 is 6.04 Å². The van der Waals surface area contributed by atoms with Gasteiger partial charge in [-0.2, -0.15) is 0 Å². The van der Waals surface area contributed by atoms with Gasteiger partial charge in [0.2, 0.25) is 0 Å². The van der Waals surface area contributed by atoms with E-state index in [4.69, 9.17) is 9.47 Å². The van der Waals surface area contributed by atoms with Crippen molar-refractivity contribution in [2.75, 3.05) is 14.2 Å². The van der Waals surface area contributed by atoms with Crippen LogP contribution in [-0.2, 0) is 4.79 Å². The summed E-state index contributed by atoms with van der Waals surface area (Å²) < 4.78 is 13.0. The highest BCUT2D eigenvalue weighted by molar-refractivity contribution is 7.07. The van der Waals surface area contributed by atoms with E-state index in [9.17, 15) is 9.59 Å². The Bertz CT molecular complexity index is 1330. The summed E-state index contributed by atoms with van der Waals surface area (Å²) in [6, 6.07) is 8.48. The van der Waals surface area contributed by atoms with Crippen LogP contribution >= 0.6 is 11.3 Å². The van der Waals surface area contributed by atoms with Crippen LogP contribution in [0.15, 0.2) is 57.6 Å². The summed E-state index contributed by atoms with van der Waals surface area (Å²) in [5, 5.41) is 0. The molecule has 1 atom stereocenters. The van der Waals surface area contributed by atoms with E-state index >= 15 is 0 Å². The maximum absolute atomic E-state index is 13.4. The van der Waals surface area contributed by atoms with Crippen LogP contribution in [-0.4, -0.2) is 29.6 Å². The van der Waals surface area contributed by atoms with Crippen molar-refractivity contribution >= 4 is 23.2 Å². The molecule has 0 spiro atoms. The Morgan fingerprint density at radius 3 is 2.70 bits per heavy atom. The standard InChI is InChI=1S/C22H21N3O4S/c1-12-19(13(2)26)20(16-8-7-15(28-3)11-17(16)29-4)25-21(27)18(30-22(25)24-12)10-14-6-5-9-23-14/h5-11,20,23H,1-4H3/b18-10-/t20-/m1/s1. The van der Waals surface area contributed by atoms with E-state index in [2.05, 4.69) is 9.98 Å². The highest BCUT2D eigenvalue weighted by atomic mass is 32.1. The number of allylic oxidation sites excluding steroid dienone is 2. The monoisotopic (exact) mass is 423 g/mol. The van der Waals surface area contributed by atoms with Crippen LogP contribution in [0.2, 0.25) is 0 Å². The lowest BCUT2D eigenvalue weighted by atomic mass is 9.92. The fourth-order valence-corrected chi connectivity index (χ4v) is 4.72. The zero-order valence-electron chi connectivity index (χ0n) is 17.1. The number of H-pyrrole nitrogens is 1. The number of aromatic nitrogens is 2. The molecule has 0 saturated heterocycles. The molecule has 0 bridgehead atoms. The predicted octanol–water partition coefficient (Wildman–Crippen LogP) is 2.17. The highest BCUT2D eigenvalue weighted by Crippen LogP contribution is 2.37. The van der Waals surface area contributed by atoms with Gasteiger partial charge in [-0.15, -0.1) is 0 Å². The number of benzene rings is 1. The number of ketones is 1. The van der Waals surface area contributed by atoms with Gasteiger partial charge in [0, 0.05) is 34.8 Å². The Balaban J connectivity index is 2.02. The van der Waals surface area contributed by atoms with Crippen molar-refractivity contribution in [3.63, 3.8) is 0 Å². The van der Waals surface area contributed by atoms with Crippen molar-refractivity contribution < 1.29 is 14.3 Å². The second kappa shape index (κ2) is 7.79. The number of hydrogen-bond donors (Lipinski definition) is 1. The molecule has 0 aliphatic carbocycles. The van der Waals surface area contributed by atoms with Gasteiger partial charge in [-0.25, -0.2) is 4.99 Å². The maximum atomic E-state index is 13.4. The number of nitrogens with one attached hydrogen (secondary N) is 1. The number of nitrogens with zero attached hydrogens (tertiary/aromatic N) is 2. The molecule has 30 heavy (non-hydrogen) atoms. The molecule has 2 aromatic heterocycles. The summed E-state index contributed by atoms with van der Waals surface area (Å²) >= 11 is 1.29. The van der Waals surface area contributed by atoms with Crippen LogP contribution in [0.25, 0.3) is 6.08 Å². The molecule has 7 nitrogen and oxygen atoms in total. The predicted molar refractivity (Wildman–Crippen MR) is 115 cm³/mol. The topological polar surface area (TPSA) is 85.7 Å². The molecule has 3 aromatic rings. The number of aromatic amines is 1. The third kappa shape index (κ3) is 3.29. The number of carbonyl (C=O) groups excluding carboxylic acids is 1. The number of thiazole rings is 1. The van der Waals surface area contributed by atoms with Crippen LogP contribution in [0.3, 0.4) is 0 Å². The minimum Gasteiger partial charge on any atom is -0.497 e. The third-order valence-electron chi connectivity index (χ3n) is 5.04. The Morgan fingerprint density at radius 2 is 2.07 bits per heavy atom. The average molecular weight is 423 g/mol. The molecule has 0 radical (unpaired) electrons. The lowest BCUT2D eigenvalue weighted by Crippen LogP contribution is -2.39. The quantitative estimate of drug-likeness (QED) is 0.682. The minimum absolute atomic E-state index is 0.141. The molecular weight excluding hydrogens is 402 g/mol. The van der Waals surface area contributed by atoms with Crippen molar-refractivity contribution in [2.24, 2.45) is 4.99 Å². The molecule has 4 rings (SSSR count). The van der Waals surface area contributed by atoms with Crippen LogP contribution in [0.4, 0.5) is 0 Å². The molecule has 1 aliphatic rings. The summed E-state index contributed by atoms with van der Waals surface area (Å²) in [6.45, 7) is 3.29. The molecule has 0 fully saturated rings. The number of fused-ring (bicyclic) bond motifs is 1. The van der Waals surface area contributed by atoms with Gasteiger partial charge in [-0.3, -0.25) is 14.2 Å². The van der Waals surface area contributed by atoms with Gasteiger partial charge in [-0.1, -0.05) is 11.3 Å². The number of rotatable bonds is 5. The van der Waals surface area contributed by atoms with Crippen LogP contribution < -0.4 is 24.4 Å². The maximum Gasteiger partial charge on any atom is 0.271 e. The van der Waals surface area contributed by atoms with Crippen LogP contribution in [0.5, 0.6) is 11.5 Å². The van der Waals surface area contributed by atoms with Gasteiger partial charge in [-0.05, 0) is 44.2 Å². The third-order valence-corrected chi connectivity index (χ3v) is 6.03. The number of Topliss-reactive ketones (excluding diaryl/α,β-unsaturated/α-hetero) is 1. The first-order chi connectivity index (χ1) is 14.4. The lowest BCUT2D eigenvalue weighted by molar-refractivity contribution is -0.114. The molecule has 0 unspecified atom stereocenters. The number of methoxy groups -OCH3 is 2. The molecular formula is C22H21N3O4S. The number of ether oxygens (including phenoxy) is 2. The second-order valence-electron chi connectivity index (χ2n) is 6.87. The molecule has 1 N–H and O–H groups in total. The summed E-state index contributed by atoms with van der Waals surface area (Å²) in [6.07, 6.45) is 3.59. The summed E-state index contributed by atoms with van der Waals surface area (Å²) in [5.74, 6) is 1.02. The molecule has 0 amide bonds. The lowest BCUT2D eigenvalue weighted by Gasteiger charge is -2.26. The summed E-state index contributed by atoms with van der Waals surface area (Å²) in [4.78, 5) is 34.2. The van der Waals surface area contributed by atoms with E-state index in [0.29, 0.717) is 37.7 Å². The first-order valence-electron chi connectivity index (χ1n) is 9.33. The fraction of sp³-hybridized carbons (Fsp3) is 0.227. The zero-order chi connectivity index (χ0) is 21.4. The van der Waals surface area contributed by atoms with Crippen molar-refractivity contribution in [3.8, 4) is 11.5 Å². The first kappa shape index (κ1) is 19.9. The second-order valence-corrected chi connectivity index (χ2v) is 7.88. The number of hydrogen-bond acceptors (Lipinski definition) is 6. The zero-order valence-corrected chi connectivity index (χ0v) is 17.9. The minimum atomic E-state index is -0.634. The Labute approximate surface area is 176 Å². The number of carbonyl (C=O) groups is 1. The van der Waals surface area contributed by atoms with Gasteiger partial charge in [0.05, 0.1) is 24.8 Å². The molecule has 8 heteroatoms. The molecule has 1 aromatic carbocycles. The van der Waals surface area contributed by atoms with Gasteiger partial charge >= 0.3 is 0 Å². The first-order valence-corrected chi connectivity index (χ1v) is 10.1. The van der Waals surface area contributed by atoms with Gasteiger partial charge in [0.1, 0.15) is 11.5 Å². The SMILES string of the molecule is COc1ccc([C@@H]2C(C(C)=O)=C(C)N=c3s/c(=C\c4ccc[nH]4)c(=O)n32)c(OC)c1. The molecule has 1 aliphatic heterocycles. The van der Waals surface area contributed by atoms with E-state index in [1.54, 1.807) is 50.1 Å². The van der Waals surface area contributed by atoms with E-state index in [0.717, 1.165) is 5.69 Å². The normalized spacial score (nSPS) is 16.3. The average Bonchev–Trinajstić information content (AvgIpc) is 3.34. The van der Waals surface area contributed by atoms with Gasteiger partial charge < -0.3 is 14.5 Å². The largest absolute Gasteiger partial charge is 0.497 e.